The van der Waals surface area contributed by atoms with Gasteiger partial charge in [0.05, 0.1) is 6.10 Å². The Morgan fingerprint density at radius 3 is 2.84 bits per heavy atom. The molecule has 1 fully saturated rings. The van der Waals surface area contributed by atoms with E-state index >= 15 is 0 Å². The lowest BCUT2D eigenvalue weighted by Crippen LogP contribution is -2.22. The van der Waals surface area contributed by atoms with E-state index in [0.717, 1.165) is 24.5 Å². The first-order valence-corrected chi connectivity index (χ1v) is 8.23. The van der Waals surface area contributed by atoms with Gasteiger partial charge in [0, 0.05) is 36.7 Å². The third-order valence-electron chi connectivity index (χ3n) is 4.53. The highest BCUT2D eigenvalue weighted by molar-refractivity contribution is 5.43. The second kappa shape index (κ2) is 6.99. The van der Waals surface area contributed by atoms with E-state index in [9.17, 15) is 18.3 Å². The molecule has 0 radical (unpaired) electrons. The number of nitrogens with zero attached hydrogens (tertiary/aromatic N) is 3. The number of aliphatic hydroxyl groups excluding tert-OH is 1. The van der Waals surface area contributed by atoms with Gasteiger partial charge in [0.25, 0.3) is 0 Å². The van der Waals surface area contributed by atoms with Crippen LogP contribution in [-0.2, 0) is 12.6 Å². The van der Waals surface area contributed by atoms with Crippen LogP contribution in [0.15, 0.2) is 18.3 Å². The summed E-state index contributed by atoms with van der Waals surface area (Å²) in [6, 6.07) is 2.46. The Kier molecular flexibility index (Phi) is 4.94. The van der Waals surface area contributed by atoms with Crippen molar-refractivity contribution in [2.45, 2.75) is 44.4 Å². The Morgan fingerprint density at radius 2 is 2.16 bits per heavy atom. The van der Waals surface area contributed by atoms with Crippen molar-refractivity contribution in [1.29, 1.82) is 0 Å². The number of hydrogen-bond donors (Lipinski definition) is 3. The van der Waals surface area contributed by atoms with Crippen LogP contribution in [0.1, 0.15) is 43.0 Å². The number of aromatic amines is 1. The molecule has 3 atom stereocenters. The monoisotopic (exact) mass is 355 g/mol. The van der Waals surface area contributed by atoms with E-state index < -0.39 is 18.0 Å². The maximum absolute atomic E-state index is 12.7. The number of H-pyrrole nitrogens is 1. The van der Waals surface area contributed by atoms with Gasteiger partial charge in [-0.15, -0.1) is 0 Å². The molecule has 0 saturated heterocycles. The number of pyridine rings is 1. The summed E-state index contributed by atoms with van der Waals surface area (Å²) in [7, 11) is 0. The predicted molar refractivity (Wildman–Crippen MR) is 85.0 cm³/mol. The summed E-state index contributed by atoms with van der Waals surface area (Å²) >= 11 is 0. The van der Waals surface area contributed by atoms with E-state index in [1.165, 1.54) is 6.07 Å². The van der Waals surface area contributed by atoms with Gasteiger partial charge >= 0.3 is 6.18 Å². The second-order valence-corrected chi connectivity index (χ2v) is 6.30. The van der Waals surface area contributed by atoms with E-state index in [0.29, 0.717) is 30.9 Å². The van der Waals surface area contributed by atoms with Crippen molar-refractivity contribution in [1.82, 2.24) is 20.2 Å². The van der Waals surface area contributed by atoms with Crippen molar-refractivity contribution >= 4 is 5.69 Å². The van der Waals surface area contributed by atoms with E-state index in [2.05, 4.69) is 25.5 Å². The number of rotatable bonds is 5. The van der Waals surface area contributed by atoms with Crippen molar-refractivity contribution in [3.63, 3.8) is 0 Å². The van der Waals surface area contributed by atoms with E-state index in [1.807, 2.05) is 6.92 Å². The average molecular weight is 355 g/mol. The molecule has 2 aromatic rings. The minimum absolute atomic E-state index is 0.0570. The summed E-state index contributed by atoms with van der Waals surface area (Å²) in [4.78, 5) is 7.74. The highest BCUT2D eigenvalue weighted by atomic mass is 19.4. The van der Waals surface area contributed by atoms with Gasteiger partial charge in [0.2, 0.25) is 0 Å². The highest BCUT2D eigenvalue weighted by Crippen LogP contribution is 2.37. The topological polar surface area (TPSA) is 86.7 Å². The van der Waals surface area contributed by atoms with Crippen molar-refractivity contribution in [3.8, 4) is 0 Å². The molecule has 1 saturated carbocycles. The molecule has 0 spiro atoms. The number of alkyl halides is 3. The molecule has 1 aliphatic carbocycles. The highest BCUT2D eigenvalue weighted by Gasteiger charge is 2.36. The summed E-state index contributed by atoms with van der Waals surface area (Å²) in [6.07, 6.45) is -1.89. The lowest BCUT2D eigenvalue weighted by molar-refractivity contribution is -0.141. The van der Waals surface area contributed by atoms with Gasteiger partial charge in [0.1, 0.15) is 11.5 Å². The van der Waals surface area contributed by atoms with Crippen molar-refractivity contribution in [3.05, 3.63) is 35.7 Å². The lowest BCUT2D eigenvalue weighted by Gasteiger charge is -2.16. The largest absolute Gasteiger partial charge is 0.433 e. The molecule has 3 rings (SSSR count). The van der Waals surface area contributed by atoms with Crippen LogP contribution < -0.4 is 5.32 Å². The molecule has 0 unspecified atom stereocenters. The first-order valence-electron chi connectivity index (χ1n) is 8.23. The molecule has 0 aromatic carbocycles. The molecular weight excluding hydrogens is 335 g/mol. The van der Waals surface area contributed by atoms with Crippen molar-refractivity contribution in [2.75, 3.05) is 11.9 Å². The van der Waals surface area contributed by atoms with Crippen LogP contribution in [0.25, 0.3) is 0 Å². The second-order valence-electron chi connectivity index (χ2n) is 6.30. The van der Waals surface area contributed by atoms with Crippen LogP contribution in [-0.4, -0.2) is 37.9 Å². The fourth-order valence-electron chi connectivity index (χ4n) is 3.13. The van der Waals surface area contributed by atoms with Crippen LogP contribution >= 0.6 is 0 Å². The molecule has 3 N–H and O–H groups in total. The zero-order valence-electron chi connectivity index (χ0n) is 13.7. The Labute approximate surface area is 142 Å². The SMILES string of the molecule is CCc1nc([C@H]2C[C@H](CNc3ccnc(C(F)(F)F)c3)[C@H](O)C2)n[nH]1. The van der Waals surface area contributed by atoms with Gasteiger partial charge in [-0.2, -0.15) is 18.3 Å². The van der Waals surface area contributed by atoms with Crippen LogP contribution in [0.5, 0.6) is 0 Å². The van der Waals surface area contributed by atoms with Gasteiger partial charge in [-0.3, -0.25) is 10.1 Å². The van der Waals surface area contributed by atoms with E-state index in [-0.39, 0.29) is 11.8 Å². The summed E-state index contributed by atoms with van der Waals surface area (Å²) in [5.74, 6) is 1.49. The van der Waals surface area contributed by atoms with Crippen LogP contribution in [0.4, 0.5) is 18.9 Å². The number of nitrogens with one attached hydrogen (secondary N) is 2. The molecule has 25 heavy (non-hydrogen) atoms. The Morgan fingerprint density at radius 1 is 1.36 bits per heavy atom. The third-order valence-corrected chi connectivity index (χ3v) is 4.53. The first-order chi connectivity index (χ1) is 11.9. The molecule has 0 amide bonds. The fraction of sp³-hybridized carbons (Fsp3) is 0.562. The minimum Gasteiger partial charge on any atom is -0.393 e. The smallest absolute Gasteiger partial charge is 0.393 e. The molecule has 1 aliphatic rings. The van der Waals surface area contributed by atoms with E-state index in [4.69, 9.17) is 0 Å². The zero-order valence-corrected chi connectivity index (χ0v) is 13.7. The van der Waals surface area contributed by atoms with Crippen molar-refractivity contribution < 1.29 is 18.3 Å². The summed E-state index contributed by atoms with van der Waals surface area (Å²) in [5, 5.41) is 20.3. The third kappa shape index (κ3) is 4.09. The van der Waals surface area contributed by atoms with Crippen LogP contribution in [0.3, 0.4) is 0 Å². The average Bonchev–Trinajstić information content (AvgIpc) is 3.19. The van der Waals surface area contributed by atoms with E-state index in [1.54, 1.807) is 0 Å². The minimum atomic E-state index is -4.47. The summed E-state index contributed by atoms with van der Waals surface area (Å²) in [6.45, 7) is 2.36. The predicted octanol–water partition coefficient (Wildman–Crippen LogP) is 2.75. The first kappa shape index (κ1) is 17.7. The molecule has 2 aromatic heterocycles. The molecular formula is C16H20F3N5O. The van der Waals surface area contributed by atoms with Crippen LogP contribution in [0, 0.1) is 5.92 Å². The number of hydrogen-bond acceptors (Lipinski definition) is 5. The van der Waals surface area contributed by atoms with Crippen LogP contribution in [0.2, 0.25) is 0 Å². The number of anilines is 1. The Balaban J connectivity index is 1.60. The number of aromatic nitrogens is 4. The Hall–Kier alpha value is -2.16. The summed E-state index contributed by atoms with van der Waals surface area (Å²) < 4.78 is 38.1. The maximum Gasteiger partial charge on any atom is 0.433 e. The molecule has 0 aliphatic heterocycles. The van der Waals surface area contributed by atoms with Gasteiger partial charge in [-0.05, 0) is 25.0 Å². The van der Waals surface area contributed by atoms with Crippen molar-refractivity contribution in [2.24, 2.45) is 5.92 Å². The van der Waals surface area contributed by atoms with Gasteiger partial charge in [0.15, 0.2) is 5.82 Å². The maximum atomic E-state index is 12.7. The van der Waals surface area contributed by atoms with Gasteiger partial charge in [-0.1, -0.05) is 6.92 Å². The molecule has 2 heterocycles. The lowest BCUT2D eigenvalue weighted by atomic mass is 10.0. The van der Waals surface area contributed by atoms with Gasteiger partial charge < -0.3 is 10.4 Å². The number of aliphatic hydroxyl groups is 1. The zero-order chi connectivity index (χ0) is 18.0. The molecule has 0 bridgehead atoms. The number of aryl methyl sites for hydroxylation is 1. The molecule has 136 valence electrons. The standard InChI is InChI=1S/C16H20F3N5O/c1-2-14-22-15(24-23-14)9-5-10(12(25)6-9)8-21-11-3-4-20-13(7-11)16(17,18)19/h3-4,7,9-10,12,25H,2,5-6,8H2,1H3,(H,20,21)(H,22,23,24)/t9-,10+,12+/m0/s1. The Bertz CT molecular complexity index is 718. The summed E-state index contributed by atoms with van der Waals surface area (Å²) in [5.41, 5.74) is -0.598. The fourth-order valence-corrected chi connectivity index (χ4v) is 3.13. The quantitative estimate of drug-likeness (QED) is 0.768. The van der Waals surface area contributed by atoms with Gasteiger partial charge in [-0.25, -0.2) is 4.98 Å². The number of halogens is 3. The molecule has 6 nitrogen and oxygen atoms in total. The molecule has 9 heteroatoms. The normalized spacial score (nSPS) is 23.8.